The van der Waals surface area contributed by atoms with Crippen molar-refractivity contribution >= 4 is 17.5 Å². The Morgan fingerprint density at radius 1 is 1.18 bits per heavy atom. The summed E-state index contributed by atoms with van der Waals surface area (Å²) in [6, 6.07) is 14.1. The second kappa shape index (κ2) is 8.97. The Morgan fingerprint density at radius 3 is 2.39 bits per heavy atom. The van der Waals surface area contributed by atoms with Crippen molar-refractivity contribution in [2.24, 2.45) is 0 Å². The van der Waals surface area contributed by atoms with Gasteiger partial charge in [-0.25, -0.2) is 0 Å². The zero-order valence-electron chi connectivity index (χ0n) is 16.8. The quantitative estimate of drug-likeness (QED) is 0.770. The molecule has 28 heavy (non-hydrogen) atoms. The lowest BCUT2D eigenvalue weighted by atomic mass is 9.74. The van der Waals surface area contributed by atoms with Gasteiger partial charge < -0.3 is 14.8 Å². The van der Waals surface area contributed by atoms with E-state index in [0.717, 1.165) is 29.0 Å². The smallest absolute Gasteiger partial charge is 0.260 e. The third-order valence-corrected chi connectivity index (χ3v) is 6.13. The summed E-state index contributed by atoms with van der Waals surface area (Å²) < 4.78 is 11.4. The van der Waals surface area contributed by atoms with Gasteiger partial charge in [0.05, 0.1) is 0 Å². The molecule has 0 saturated carbocycles. The van der Waals surface area contributed by atoms with E-state index >= 15 is 0 Å². The summed E-state index contributed by atoms with van der Waals surface area (Å²) in [7, 11) is 0. The lowest BCUT2D eigenvalue weighted by Gasteiger charge is -2.38. The second-order valence-corrected chi connectivity index (χ2v) is 7.99. The van der Waals surface area contributed by atoms with Crippen LogP contribution in [0.5, 0.6) is 5.75 Å². The van der Waals surface area contributed by atoms with E-state index in [1.807, 2.05) is 44.2 Å². The third-order valence-electron chi connectivity index (χ3n) is 5.53. The van der Waals surface area contributed by atoms with Gasteiger partial charge in [-0.2, -0.15) is 0 Å². The highest BCUT2D eigenvalue weighted by Crippen LogP contribution is 2.34. The molecule has 5 heteroatoms. The average molecular weight is 402 g/mol. The Balaban J connectivity index is 1.66. The molecule has 0 radical (unpaired) electrons. The number of hydrogen-bond acceptors (Lipinski definition) is 3. The first kappa shape index (κ1) is 20.7. The molecule has 1 N–H and O–H groups in total. The Morgan fingerprint density at radius 2 is 1.79 bits per heavy atom. The summed E-state index contributed by atoms with van der Waals surface area (Å²) in [5.41, 5.74) is 3.03. The van der Waals surface area contributed by atoms with E-state index in [2.05, 4.69) is 17.4 Å². The number of rotatable bonds is 6. The summed E-state index contributed by atoms with van der Waals surface area (Å²) in [6.07, 6.45) is 1.19. The number of carbonyl (C=O) groups excluding carboxylic acids is 1. The topological polar surface area (TPSA) is 47.6 Å². The fourth-order valence-electron chi connectivity index (χ4n) is 3.75. The molecule has 1 aliphatic heterocycles. The molecule has 2 aromatic carbocycles. The maximum absolute atomic E-state index is 12.7. The monoisotopic (exact) mass is 401 g/mol. The molecule has 1 saturated heterocycles. The molecule has 0 spiro atoms. The first-order chi connectivity index (χ1) is 13.4. The molecule has 4 nitrogen and oxygen atoms in total. The van der Waals surface area contributed by atoms with Gasteiger partial charge >= 0.3 is 0 Å². The minimum Gasteiger partial charge on any atom is -0.481 e. The summed E-state index contributed by atoms with van der Waals surface area (Å²) >= 11 is 6.21. The van der Waals surface area contributed by atoms with E-state index < -0.39 is 6.10 Å². The van der Waals surface area contributed by atoms with Crippen LogP contribution in [0.3, 0.4) is 0 Å². The van der Waals surface area contributed by atoms with E-state index in [9.17, 15) is 4.79 Å². The van der Waals surface area contributed by atoms with Gasteiger partial charge in [0, 0.05) is 30.2 Å². The summed E-state index contributed by atoms with van der Waals surface area (Å²) in [5.74, 6) is 0.540. The summed E-state index contributed by atoms with van der Waals surface area (Å²) in [6.45, 7) is 7.63. The molecule has 0 unspecified atom stereocenters. The van der Waals surface area contributed by atoms with Crippen molar-refractivity contribution in [2.75, 3.05) is 19.8 Å². The number of benzene rings is 2. The number of amides is 1. The molecule has 2 aromatic rings. The number of nitrogens with one attached hydrogen (secondary N) is 1. The Bertz CT molecular complexity index is 793. The van der Waals surface area contributed by atoms with Gasteiger partial charge in [-0.1, -0.05) is 41.9 Å². The molecule has 0 aromatic heterocycles. The van der Waals surface area contributed by atoms with Crippen LogP contribution >= 0.6 is 11.6 Å². The lowest BCUT2D eigenvalue weighted by Crippen LogP contribution is -2.47. The van der Waals surface area contributed by atoms with Crippen LogP contribution in [0, 0.1) is 13.8 Å². The standard InChI is InChI=1S/C23H28ClNO3/c1-16-13-20(14-17(2)21(16)24)28-18(3)22(26)25-15-23(9-11-27-12-10-23)19-7-5-4-6-8-19/h4-8,13-14,18H,9-12,15H2,1-3H3,(H,25,26)/t18-/m1/s1. The van der Waals surface area contributed by atoms with Crippen molar-refractivity contribution in [3.8, 4) is 5.75 Å². The molecule has 1 heterocycles. The minimum absolute atomic E-state index is 0.0949. The van der Waals surface area contributed by atoms with E-state index in [1.54, 1.807) is 6.92 Å². The molecule has 3 rings (SSSR count). The number of ether oxygens (including phenoxy) is 2. The van der Waals surface area contributed by atoms with E-state index in [-0.39, 0.29) is 11.3 Å². The average Bonchev–Trinajstić information content (AvgIpc) is 2.71. The Labute approximate surface area is 172 Å². The largest absolute Gasteiger partial charge is 0.481 e. The predicted molar refractivity (Wildman–Crippen MR) is 112 cm³/mol. The number of carbonyl (C=O) groups is 1. The second-order valence-electron chi connectivity index (χ2n) is 7.61. The van der Waals surface area contributed by atoms with Crippen molar-refractivity contribution in [1.82, 2.24) is 5.32 Å². The zero-order chi connectivity index (χ0) is 20.1. The Hall–Kier alpha value is -2.04. The van der Waals surface area contributed by atoms with Gasteiger partial charge in [-0.05, 0) is 62.4 Å². The highest BCUT2D eigenvalue weighted by molar-refractivity contribution is 6.32. The van der Waals surface area contributed by atoms with Crippen LogP contribution in [0.2, 0.25) is 5.02 Å². The maximum Gasteiger partial charge on any atom is 0.260 e. The van der Waals surface area contributed by atoms with Crippen molar-refractivity contribution < 1.29 is 14.3 Å². The molecule has 0 aliphatic carbocycles. The van der Waals surface area contributed by atoms with Crippen LogP contribution in [0.25, 0.3) is 0 Å². The SMILES string of the molecule is Cc1cc(O[C@H](C)C(=O)NCC2(c3ccccc3)CCOCC2)cc(C)c1Cl. The van der Waals surface area contributed by atoms with E-state index in [4.69, 9.17) is 21.1 Å². The highest BCUT2D eigenvalue weighted by Gasteiger charge is 2.35. The molecule has 1 aliphatic rings. The molecule has 1 atom stereocenters. The number of aryl methyl sites for hydroxylation is 2. The van der Waals surface area contributed by atoms with Crippen LogP contribution in [0.4, 0.5) is 0 Å². The predicted octanol–water partition coefficient (Wildman–Crippen LogP) is 4.59. The minimum atomic E-state index is -0.590. The van der Waals surface area contributed by atoms with Gasteiger partial charge in [0.2, 0.25) is 0 Å². The van der Waals surface area contributed by atoms with Crippen LogP contribution in [0.15, 0.2) is 42.5 Å². The lowest BCUT2D eigenvalue weighted by molar-refractivity contribution is -0.127. The third kappa shape index (κ3) is 4.68. The van der Waals surface area contributed by atoms with Crippen molar-refractivity contribution in [3.05, 3.63) is 64.2 Å². The Kier molecular flexibility index (Phi) is 6.63. The number of hydrogen-bond donors (Lipinski definition) is 1. The highest BCUT2D eigenvalue weighted by atomic mass is 35.5. The molecule has 0 bridgehead atoms. The normalized spacial score (nSPS) is 17.0. The van der Waals surface area contributed by atoms with Gasteiger partial charge in [0.1, 0.15) is 5.75 Å². The molecule has 1 amide bonds. The van der Waals surface area contributed by atoms with Crippen LogP contribution in [-0.4, -0.2) is 31.8 Å². The molecular weight excluding hydrogens is 374 g/mol. The van der Waals surface area contributed by atoms with E-state index in [0.29, 0.717) is 25.5 Å². The summed E-state index contributed by atoms with van der Waals surface area (Å²) in [5, 5.41) is 3.84. The van der Waals surface area contributed by atoms with Crippen molar-refractivity contribution in [2.45, 2.75) is 45.1 Å². The van der Waals surface area contributed by atoms with Gasteiger partial charge in [-0.15, -0.1) is 0 Å². The van der Waals surface area contributed by atoms with Crippen molar-refractivity contribution in [3.63, 3.8) is 0 Å². The maximum atomic E-state index is 12.7. The van der Waals surface area contributed by atoms with Gasteiger partial charge in [0.15, 0.2) is 6.10 Å². The number of halogens is 1. The fraction of sp³-hybridized carbons (Fsp3) is 0.435. The molecule has 150 valence electrons. The van der Waals surface area contributed by atoms with Crippen LogP contribution in [-0.2, 0) is 14.9 Å². The fourth-order valence-corrected chi connectivity index (χ4v) is 3.86. The van der Waals surface area contributed by atoms with Crippen molar-refractivity contribution in [1.29, 1.82) is 0 Å². The zero-order valence-corrected chi connectivity index (χ0v) is 17.5. The first-order valence-electron chi connectivity index (χ1n) is 9.76. The molecular formula is C23H28ClNO3. The van der Waals surface area contributed by atoms with Gasteiger partial charge in [0.25, 0.3) is 5.91 Å². The van der Waals surface area contributed by atoms with Crippen LogP contribution in [0.1, 0.15) is 36.5 Å². The van der Waals surface area contributed by atoms with E-state index in [1.165, 1.54) is 5.56 Å². The van der Waals surface area contributed by atoms with Gasteiger partial charge in [-0.3, -0.25) is 4.79 Å². The molecule has 1 fully saturated rings. The van der Waals surface area contributed by atoms with Crippen LogP contribution < -0.4 is 10.1 Å². The summed E-state index contributed by atoms with van der Waals surface area (Å²) in [4.78, 5) is 12.7. The first-order valence-corrected chi connectivity index (χ1v) is 10.1.